The van der Waals surface area contributed by atoms with Crippen LogP contribution in [-0.4, -0.2) is 22.5 Å². The summed E-state index contributed by atoms with van der Waals surface area (Å²) in [5, 5.41) is 13.3. The van der Waals surface area contributed by atoms with Crippen LogP contribution in [0.15, 0.2) is 41.0 Å². The van der Waals surface area contributed by atoms with Crippen LogP contribution in [0.4, 0.5) is 4.39 Å². The van der Waals surface area contributed by atoms with Gasteiger partial charge in [-0.25, -0.2) is 4.39 Å². The van der Waals surface area contributed by atoms with Crippen molar-refractivity contribution in [3.63, 3.8) is 0 Å². The molecule has 0 saturated carbocycles. The van der Waals surface area contributed by atoms with Crippen molar-refractivity contribution in [2.45, 2.75) is 13.0 Å². The van der Waals surface area contributed by atoms with Gasteiger partial charge >= 0.3 is 0 Å². The third kappa shape index (κ3) is 2.73. The van der Waals surface area contributed by atoms with Gasteiger partial charge in [0.1, 0.15) is 23.4 Å². The molecule has 0 bridgehead atoms. The Balaban J connectivity index is 1.74. The van der Waals surface area contributed by atoms with Gasteiger partial charge in [-0.2, -0.15) is 0 Å². The van der Waals surface area contributed by atoms with Crippen molar-refractivity contribution in [1.82, 2.24) is 10.3 Å². The monoisotopic (exact) mass is 302 g/mol. The highest BCUT2D eigenvalue weighted by atomic mass is 19.1. The third-order valence-electron chi connectivity index (χ3n) is 3.48. The number of aliphatic hydroxyl groups is 1. The zero-order valence-corrected chi connectivity index (χ0v) is 11.9. The Kier molecular flexibility index (Phi) is 3.68. The highest BCUT2D eigenvalue weighted by Crippen LogP contribution is 2.21. The van der Waals surface area contributed by atoms with Crippen molar-refractivity contribution in [3.05, 3.63) is 59.4 Å². The number of furan rings is 1. The van der Waals surface area contributed by atoms with E-state index in [1.807, 2.05) is 0 Å². The minimum atomic E-state index is -0.914. The minimum absolute atomic E-state index is 0.0229. The quantitative estimate of drug-likeness (QED) is 0.693. The summed E-state index contributed by atoms with van der Waals surface area (Å²) in [6, 6.07) is 7.72. The number of fused-ring (bicyclic) bond motifs is 1. The number of aromatic nitrogens is 1. The maximum atomic E-state index is 13.4. The molecule has 0 fully saturated rings. The number of carbonyl (C=O) groups is 1. The van der Waals surface area contributed by atoms with Gasteiger partial charge in [0.25, 0.3) is 5.91 Å². The highest BCUT2D eigenvalue weighted by molar-refractivity contribution is 5.98. The van der Waals surface area contributed by atoms with Crippen molar-refractivity contribution >= 4 is 16.8 Å². The molecule has 0 saturated heterocycles. The van der Waals surface area contributed by atoms with Crippen LogP contribution < -0.4 is 5.32 Å². The lowest BCUT2D eigenvalue weighted by molar-refractivity contribution is 0.0897. The third-order valence-corrected chi connectivity index (χ3v) is 3.48. The van der Waals surface area contributed by atoms with Crippen LogP contribution in [0, 0.1) is 12.7 Å². The van der Waals surface area contributed by atoms with Crippen LogP contribution in [0.5, 0.6) is 0 Å². The van der Waals surface area contributed by atoms with E-state index in [0.29, 0.717) is 17.0 Å². The van der Waals surface area contributed by atoms with E-state index < -0.39 is 6.10 Å². The molecule has 0 spiro atoms. The molecule has 2 heterocycles. The molecule has 0 aliphatic rings. The normalized spacial score (nSPS) is 12.5. The van der Waals surface area contributed by atoms with E-state index in [9.17, 15) is 14.3 Å². The van der Waals surface area contributed by atoms with Gasteiger partial charge in [0.05, 0.1) is 12.8 Å². The zero-order chi connectivity index (χ0) is 15.7. The van der Waals surface area contributed by atoms with E-state index >= 15 is 0 Å². The van der Waals surface area contributed by atoms with E-state index in [1.165, 1.54) is 18.4 Å². The molecule has 1 atom stereocenters. The number of rotatable bonds is 4. The Morgan fingerprint density at radius 3 is 3.00 bits per heavy atom. The maximum absolute atomic E-state index is 13.4. The summed E-state index contributed by atoms with van der Waals surface area (Å²) in [6.45, 7) is 1.80. The van der Waals surface area contributed by atoms with Gasteiger partial charge < -0.3 is 19.8 Å². The van der Waals surface area contributed by atoms with Crippen molar-refractivity contribution in [3.8, 4) is 0 Å². The van der Waals surface area contributed by atoms with Crippen molar-refractivity contribution in [2.75, 3.05) is 6.54 Å². The predicted octanol–water partition coefficient (Wildman–Crippen LogP) is 2.67. The first kappa shape index (κ1) is 14.3. The SMILES string of the molecule is Cc1cc(F)cc2[nH]c(C(=O)NC[C@@H](O)c3ccco3)cc12. The number of carbonyl (C=O) groups excluding carboxylic acids is 1. The minimum Gasteiger partial charge on any atom is -0.467 e. The number of aromatic amines is 1. The van der Waals surface area contributed by atoms with Crippen LogP contribution >= 0.6 is 0 Å². The Hall–Kier alpha value is -2.60. The number of nitrogens with one attached hydrogen (secondary N) is 2. The van der Waals surface area contributed by atoms with Crippen LogP contribution in [0.1, 0.15) is 27.9 Å². The molecule has 0 aliphatic carbocycles. The van der Waals surface area contributed by atoms with Gasteiger partial charge in [0.15, 0.2) is 0 Å². The molecule has 1 aromatic carbocycles. The van der Waals surface area contributed by atoms with Crippen molar-refractivity contribution in [2.24, 2.45) is 0 Å². The van der Waals surface area contributed by atoms with Gasteiger partial charge in [0, 0.05) is 10.9 Å². The molecule has 0 aliphatic heterocycles. The Morgan fingerprint density at radius 1 is 1.45 bits per heavy atom. The first-order valence-corrected chi connectivity index (χ1v) is 6.83. The molecular formula is C16H15FN2O3. The second kappa shape index (κ2) is 5.65. The van der Waals surface area contributed by atoms with E-state index in [1.54, 1.807) is 25.1 Å². The molecular weight excluding hydrogens is 287 g/mol. The maximum Gasteiger partial charge on any atom is 0.267 e. The number of hydrogen-bond donors (Lipinski definition) is 3. The number of aliphatic hydroxyl groups excluding tert-OH is 1. The molecule has 6 heteroatoms. The molecule has 0 unspecified atom stereocenters. The van der Waals surface area contributed by atoms with E-state index in [4.69, 9.17) is 4.42 Å². The molecule has 5 nitrogen and oxygen atoms in total. The second-order valence-electron chi connectivity index (χ2n) is 5.11. The highest BCUT2D eigenvalue weighted by Gasteiger charge is 2.15. The predicted molar refractivity (Wildman–Crippen MR) is 79.0 cm³/mol. The first-order chi connectivity index (χ1) is 10.5. The van der Waals surface area contributed by atoms with Gasteiger partial charge in [-0.3, -0.25) is 4.79 Å². The van der Waals surface area contributed by atoms with Crippen LogP contribution in [-0.2, 0) is 0 Å². The molecule has 114 valence electrons. The van der Waals surface area contributed by atoms with Crippen LogP contribution in [0.25, 0.3) is 10.9 Å². The number of hydrogen-bond acceptors (Lipinski definition) is 3. The number of amides is 1. The van der Waals surface area contributed by atoms with Gasteiger partial charge in [-0.15, -0.1) is 0 Å². The summed E-state index contributed by atoms with van der Waals surface area (Å²) >= 11 is 0. The fourth-order valence-corrected chi connectivity index (χ4v) is 2.36. The standard InChI is InChI=1S/C16H15FN2O3/c1-9-5-10(17)6-12-11(9)7-13(19-12)16(21)18-8-14(20)15-3-2-4-22-15/h2-7,14,19-20H,8H2,1H3,(H,18,21)/t14-/m1/s1. The molecule has 2 aromatic heterocycles. The number of halogens is 1. The number of aryl methyl sites for hydroxylation is 1. The van der Waals surface area contributed by atoms with Crippen LogP contribution in [0.3, 0.4) is 0 Å². The number of benzene rings is 1. The Bertz CT molecular complexity index is 808. The smallest absolute Gasteiger partial charge is 0.267 e. The van der Waals surface area contributed by atoms with E-state index in [0.717, 1.165) is 10.9 Å². The second-order valence-corrected chi connectivity index (χ2v) is 5.11. The Labute approximate surface area is 125 Å². The average Bonchev–Trinajstić information content (AvgIpc) is 3.13. The summed E-state index contributed by atoms with van der Waals surface area (Å²) in [7, 11) is 0. The molecule has 3 N–H and O–H groups in total. The lowest BCUT2D eigenvalue weighted by Crippen LogP contribution is -2.28. The van der Waals surface area contributed by atoms with Crippen molar-refractivity contribution in [1.29, 1.82) is 0 Å². The Morgan fingerprint density at radius 2 is 2.27 bits per heavy atom. The average molecular weight is 302 g/mol. The topological polar surface area (TPSA) is 78.3 Å². The van der Waals surface area contributed by atoms with E-state index in [-0.39, 0.29) is 18.3 Å². The van der Waals surface area contributed by atoms with Gasteiger partial charge in [0.2, 0.25) is 0 Å². The molecule has 3 aromatic rings. The number of H-pyrrole nitrogens is 1. The lowest BCUT2D eigenvalue weighted by atomic mass is 10.1. The zero-order valence-electron chi connectivity index (χ0n) is 11.9. The summed E-state index contributed by atoms with van der Waals surface area (Å²) in [4.78, 5) is 15.0. The van der Waals surface area contributed by atoms with Gasteiger partial charge in [-0.05, 0) is 42.8 Å². The fraction of sp³-hybridized carbons (Fsp3) is 0.188. The summed E-state index contributed by atoms with van der Waals surface area (Å²) in [5.74, 6) is -0.344. The van der Waals surface area contributed by atoms with Gasteiger partial charge in [-0.1, -0.05) is 0 Å². The van der Waals surface area contributed by atoms with Crippen LogP contribution in [0.2, 0.25) is 0 Å². The fourth-order valence-electron chi connectivity index (χ4n) is 2.36. The molecule has 0 radical (unpaired) electrons. The largest absolute Gasteiger partial charge is 0.467 e. The first-order valence-electron chi connectivity index (χ1n) is 6.83. The summed E-state index contributed by atoms with van der Waals surface area (Å²) < 4.78 is 18.4. The lowest BCUT2D eigenvalue weighted by Gasteiger charge is -2.08. The van der Waals surface area contributed by atoms with Crippen molar-refractivity contribution < 1.29 is 18.7 Å². The summed E-state index contributed by atoms with van der Waals surface area (Å²) in [6.07, 6.45) is 0.539. The molecule has 3 rings (SSSR count). The molecule has 22 heavy (non-hydrogen) atoms. The summed E-state index contributed by atoms with van der Waals surface area (Å²) in [5.41, 5.74) is 1.63. The van der Waals surface area contributed by atoms with E-state index in [2.05, 4.69) is 10.3 Å². The molecule has 1 amide bonds.